The van der Waals surface area contributed by atoms with Crippen molar-refractivity contribution in [2.45, 2.75) is 6.54 Å². The third-order valence-electron chi connectivity index (χ3n) is 2.20. The fraction of sp³-hybridized carbons (Fsp3) is 0.0909. The van der Waals surface area contributed by atoms with Crippen LogP contribution in [0.5, 0.6) is 0 Å². The molecule has 0 saturated heterocycles. The number of anilines is 2. The number of amides is 1. The molecule has 7 heteroatoms. The average molecular weight is 330 g/mol. The van der Waals surface area contributed by atoms with Crippen molar-refractivity contribution in [2.24, 2.45) is 0 Å². The molecule has 2 aromatic rings. The van der Waals surface area contributed by atoms with E-state index in [1.807, 2.05) is 0 Å². The molecule has 0 radical (unpaired) electrons. The molecule has 2 rings (SSSR count). The number of carbonyl (C=O) groups is 1. The van der Waals surface area contributed by atoms with E-state index in [0.717, 1.165) is 4.47 Å². The van der Waals surface area contributed by atoms with Gasteiger partial charge in [0.15, 0.2) is 0 Å². The Labute approximate surface area is 117 Å². The lowest BCUT2D eigenvalue weighted by molar-refractivity contribution is -0.116. The van der Waals surface area contributed by atoms with Gasteiger partial charge in [0.2, 0.25) is 5.91 Å². The monoisotopic (exact) mass is 328 g/mol. The summed E-state index contributed by atoms with van der Waals surface area (Å²) in [5.41, 5.74) is 6.70. The van der Waals surface area contributed by atoms with Crippen LogP contribution in [0.2, 0.25) is 5.02 Å². The molecule has 0 atom stereocenters. The Morgan fingerprint density at radius 3 is 3.00 bits per heavy atom. The third-order valence-corrected chi connectivity index (χ3v) is 2.84. The zero-order chi connectivity index (χ0) is 13.1. The standard InChI is InChI=1S/C11H10BrClN4O/c12-7-4-15-17(5-7)6-11(18)16-10-3-8(13)1-2-9(10)14/h1-5H,6,14H2,(H,16,18). The fourth-order valence-corrected chi connectivity index (χ4v) is 1.90. The first-order chi connectivity index (χ1) is 8.54. The van der Waals surface area contributed by atoms with Crippen LogP contribution in [-0.4, -0.2) is 15.7 Å². The van der Waals surface area contributed by atoms with Crippen LogP contribution in [0, 0.1) is 0 Å². The molecule has 0 bridgehead atoms. The van der Waals surface area contributed by atoms with Crippen molar-refractivity contribution in [3.63, 3.8) is 0 Å². The maximum Gasteiger partial charge on any atom is 0.246 e. The van der Waals surface area contributed by atoms with Crippen LogP contribution in [0.4, 0.5) is 11.4 Å². The Kier molecular flexibility index (Phi) is 3.88. The predicted molar refractivity (Wildman–Crippen MR) is 74.4 cm³/mol. The number of nitrogens with zero attached hydrogens (tertiary/aromatic N) is 2. The van der Waals surface area contributed by atoms with Crippen LogP contribution in [0.25, 0.3) is 0 Å². The van der Waals surface area contributed by atoms with Gasteiger partial charge in [0.05, 0.1) is 22.0 Å². The molecule has 1 amide bonds. The number of rotatable bonds is 3. The Morgan fingerprint density at radius 2 is 2.33 bits per heavy atom. The van der Waals surface area contributed by atoms with Gasteiger partial charge < -0.3 is 11.1 Å². The number of aromatic nitrogens is 2. The Bertz CT molecular complexity index is 584. The highest BCUT2D eigenvalue weighted by Gasteiger charge is 2.07. The summed E-state index contributed by atoms with van der Waals surface area (Å²) < 4.78 is 2.33. The number of nitrogen functional groups attached to an aromatic ring is 1. The van der Waals surface area contributed by atoms with Gasteiger partial charge in [-0.15, -0.1) is 0 Å². The smallest absolute Gasteiger partial charge is 0.246 e. The molecule has 18 heavy (non-hydrogen) atoms. The summed E-state index contributed by atoms with van der Waals surface area (Å²) in [5, 5.41) is 7.19. The highest BCUT2D eigenvalue weighted by Crippen LogP contribution is 2.22. The molecule has 0 aliphatic carbocycles. The quantitative estimate of drug-likeness (QED) is 0.850. The summed E-state index contributed by atoms with van der Waals surface area (Å²) in [5.74, 6) is -0.223. The second-order valence-corrected chi connectivity index (χ2v) is 4.99. The van der Waals surface area contributed by atoms with E-state index >= 15 is 0 Å². The molecular formula is C11H10BrClN4O. The number of hydrogen-bond donors (Lipinski definition) is 2. The van der Waals surface area contributed by atoms with E-state index in [1.165, 1.54) is 4.68 Å². The van der Waals surface area contributed by atoms with Crippen molar-refractivity contribution in [1.29, 1.82) is 0 Å². The molecule has 0 saturated carbocycles. The molecule has 0 spiro atoms. The number of nitrogens with two attached hydrogens (primary N) is 1. The Morgan fingerprint density at radius 1 is 1.56 bits per heavy atom. The zero-order valence-electron chi connectivity index (χ0n) is 9.23. The number of hydrogen-bond acceptors (Lipinski definition) is 3. The first-order valence-corrected chi connectivity index (χ1v) is 6.24. The number of nitrogens with one attached hydrogen (secondary N) is 1. The molecule has 0 unspecified atom stereocenters. The SMILES string of the molecule is Nc1ccc(Cl)cc1NC(=O)Cn1cc(Br)cn1. The number of halogens is 2. The van der Waals surface area contributed by atoms with Crippen LogP contribution >= 0.6 is 27.5 Å². The Balaban J connectivity index is 2.05. The summed E-state index contributed by atoms with van der Waals surface area (Å²) in [6.45, 7) is 0.109. The fourth-order valence-electron chi connectivity index (χ4n) is 1.40. The van der Waals surface area contributed by atoms with Gasteiger partial charge in [-0.2, -0.15) is 5.10 Å². The van der Waals surface area contributed by atoms with Gasteiger partial charge in [-0.3, -0.25) is 9.48 Å². The van der Waals surface area contributed by atoms with Gasteiger partial charge in [-0.25, -0.2) is 0 Å². The molecule has 94 valence electrons. The second kappa shape index (κ2) is 5.41. The lowest BCUT2D eigenvalue weighted by Crippen LogP contribution is -2.19. The molecule has 1 heterocycles. The number of benzene rings is 1. The van der Waals surface area contributed by atoms with Gasteiger partial charge >= 0.3 is 0 Å². The minimum atomic E-state index is -0.223. The summed E-state index contributed by atoms with van der Waals surface area (Å²) in [6.07, 6.45) is 3.32. The predicted octanol–water partition coefficient (Wildman–Crippen LogP) is 2.52. The first kappa shape index (κ1) is 12.9. The van der Waals surface area contributed by atoms with Crippen LogP contribution in [-0.2, 0) is 11.3 Å². The highest BCUT2D eigenvalue weighted by molar-refractivity contribution is 9.10. The van der Waals surface area contributed by atoms with Crippen LogP contribution < -0.4 is 11.1 Å². The van der Waals surface area contributed by atoms with Gasteiger partial charge in [0.25, 0.3) is 0 Å². The van der Waals surface area contributed by atoms with Crippen molar-refractivity contribution in [1.82, 2.24) is 9.78 Å². The van der Waals surface area contributed by atoms with Crippen LogP contribution in [0.3, 0.4) is 0 Å². The third kappa shape index (κ3) is 3.24. The summed E-state index contributed by atoms with van der Waals surface area (Å²) in [4.78, 5) is 11.8. The van der Waals surface area contributed by atoms with Gasteiger partial charge in [0, 0.05) is 11.2 Å². The Hall–Kier alpha value is -1.53. The van der Waals surface area contributed by atoms with E-state index in [1.54, 1.807) is 30.6 Å². The van der Waals surface area contributed by atoms with E-state index in [9.17, 15) is 4.79 Å². The van der Waals surface area contributed by atoms with E-state index in [-0.39, 0.29) is 12.5 Å². The molecule has 1 aromatic heterocycles. The van der Waals surface area contributed by atoms with Crippen LogP contribution in [0.1, 0.15) is 0 Å². The molecule has 5 nitrogen and oxygen atoms in total. The lowest BCUT2D eigenvalue weighted by atomic mass is 10.2. The molecular weight excluding hydrogens is 320 g/mol. The van der Waals surface area contributed by atoms with Gasteiger partial charge in [0.1, 0.15) is 6.54 Å². The van der Waals surface area contributed by atoms with E-state index in [4.69, 9.17) is 17.3 Å². The largest absolute Gasteiger partial charge is 0.397 e. The van der Waals surface area contributed by atoms with Crippen molar-refractivity contribution >= 4 is 44.8 Å². The summed E-state index contributed by atoms with van der Waals surface area (Å²) in [6, 6.07) is 4.91. The van der Waals surface area contributed by atoms with E-state index in [0.29, 0.717) is 16.4 Å². The zero-order valence-corrected chi connectivity index (χ0v) is 11.6. The molecule has 0 aliphatic rings. The van der Waals surface area contributed by atoms with Gasteiger partial charge in [-0.05, 0) is 34.1 Å². The van der Waals surface area contributed by atoms with Gasteiger partial charge in [-0.1, -0.05) is 11.6 Å². The van der Waals surface area contributed by atoms with E-state index < -0.39 is 0 Å². The lowest BCUT2D eigenvalue weighted by Gasteiger charge is -2.08. The molecule has 0 fully saturated rings. The highest BCUT2D eigenvalue weighted by atomic mass is 79.9. The summed E-state index contributed by atoms with van der Waals surface area (Å²) in [7, 11) is 0. The minimum Gasteiger partial charge on any atom is -0.397 e. The topological polar surface area (TPSA) is 72.9 Å². The minimum absolute atomic E-state index is 0.109. The molecule has 0 aliphatic heterocycles. The first-order valence-electron chi connectivity index (χ1n) is 5.07. The average Bonchev–Trinajstić information content (AvgIpc) is 2.69. The normalized spacial score (nSPS) is 10.3. The second-order valence-electron chi connectivity index (χ2n) is 3.64. The van der Waals surface area contributed by atoms with E-state index in [2.05, 4.69) is 26.3 Å². The molecule has 1 aromatic carbocycles. The maximum atomic E-state index is 11.8. The number of carbonyl (C=O) groups excluding carboxylic acids is 1. The van der Waals surface area contributed by atoms with Crippen LogP contribution in [0.15, 0.2) is 35.1 Å². The van der Waals surface area contributed by atoms with Crippen molar-refractivity contribution < 1.29 is 4.79 Å². The van der Waals surface area contributed by atoms with Crippen molar-refractivity contribution in [2.75, 3.05) is 11.1 Å². The summed E-state index contributed by atoms with van der Waals surface area (Å²) >= 11 is 9.09. The van der Waals surface area contributed by atoms with Crippen molar-refractivity contribution in [3.8, 4) is 0 Å². The maximum absolute atomic E-state index is 11.8. The molecule has 3 N–H and O–H groups in total. The van der Waals surface area contributed by atoms with Crippen molar-refractivity contribution in [3.05, 3.63) is 40.1 Å².